The molecule has 2 heterocycles. The van der Waals surface area contributed by atoms with E-state index >= 15 is 0 Å². The average molecular weight is 519 g/mol. The number of anilines is 2. The quantitative estimate of drug-likeness (QED) is 0.374. The SMILES string of the molecule is CN(C)CCc1ccc(Cc2ccc(N3CCn4ncc(C(=O)Nc5cccc(C#N)c5)c4C3=O)cc2)cc1. The number of hydrogen-bond donors (Lipinski definition) is 1. The van der Waals surface area contributed by atoms with Crippen LogP contribution in [0.25, 0.3) is 0 Å². The third kappa shape index (κ3) is 5.89. The van der Waals surface area contributed by atoms with E-state index in [2.05, 4.69) is 59.7 Å². The fraction of sp³-hybridized carbons (Fsp3) is 0.226. The van der Waals surface area contributed by atoms with Gasteiger partial charge in [-0.1, -0.05) is 42.5 Å². The van der Waals surface area contributed by atoms with Crippen LogP contribution in [-0.4, -0.2) is 53.7 Å². The number of aromatic nitrogens is 2. The Kier molecular flexibility index (Phi) is 7.53. The standard InChI is InChI=1S/C31H30N6O2/c1-35(2)15-14-22-6-8-23(9-7-22)18-24-10-12-27(13-11-24)36-16-17-37-29(31(36)39)28(21-33-37)30(38)34-26-5-3-4-25(19-26)20-32/h3-13,19,21H,14-18H2,1-2H3,(H,34,38). The zero-order valence-electron chi connectivity index (χ0n) is 22.1. The molecule has 196 valence electrons. The van der Waals surface area contributed by atoms with E-state index in [0.717, 1.165) is 30.6 Å². The molecule has 5 rings (SSSR count). The zero-order chi connectivity index (χ0) is 27.4. The lowest BCUT2D eigenvalue weighted by Gasteiger charge is -2.28. The van der Waals surface area contributed by atoms with Gasteiger partial charge in [0.25, 0.3) is 11.8 Å². The molecule has 1 aliphatic rings. The van der Waals surface area contributed by atoms with Crippen LogP contribution in [0.1, 0.15) is 43.1 Å². The van der Waals surface area contributed by atoms with Crippen LogP contribution in [0.3, 0.4) is 0 Å². The summed E-state index contributed by atoms with van der Waals surface area (Å²) in [5.41, 5.74) is 5.90. The van der Waals surface area contributed by atoms with Gasteiger partial charge in [-0.2, -0.15) is 10.4 Å². The molecule has 0 bridgehead atoms. The Hall–Kier alpha value is -4.74. The first-order chi connectivity index (χ1) is 18.9. The van der Waals surface area contributed by atoms with Crippen molar-refractivity contribution in [2.75, 3.05) is 37.4 Å². The van der Waals surface area contributed by atoms with Crippen LogP contribution in [0.5, 0.6) is 0 Å². The van der Waals surface area contributed by atoms with Gasteiger partial charge in [-0.25, -0.2) is 0 Å². The molecule has 0 radical (unpaired) electrons. The largest absolute Gasteiger partial charge is 0.322 e. The Morgan fingerprint density at radius 3 is 2.38 bits per heavy atom. The molecule has 0 unspecified atom stereocenters. The first-order valence-corrected chi connectivity index (χ1v) is 12.9. The highest BCUT2D eigenvalue weighted by molar-refractivity contribution is 6.15. The molecule has 1 aliphatic heterocycles. The second-order valence-corrected chi connectivity index (χ2v) is 9.95. The normalized spacial score (nSPS) is 12.8. The highest BCUT2D eigenvalue weighted by Gasteiger charge is 2.32. The van der Waals surface area contributed by atoms with Gasteiger partial charge in [0, 0.05) is 24.5 Å². The number of carbonyl (C=O) groups is 2. The molecule has 0 atom stereocenters. The second kappa shape index (κ2) is 11.3. The molecule has 1 N–H and O–H groups in total. The number of nitriles is 1. The maximum Gasteiger partial charge on any atom is 0.277 e. The Labute approximate surface area is 228 Å². The molecule has 0 saturated heterocycles. The third-order valence-corrected chi connectivity index (χ3v) is 6.84. The molecule has 8 nitrogen and oxygen atoms in total. The molecule has 1 aromatic heterocycles. The minimum Gasteiger partial charge on any atom is -0.322 e. The number of nitrogens with zero attached hydrogens (tertiary/aromatic N) is 5. The number of rotatable bonds is 8. The maximum atomic E-state index is 13.5. The summed E-state index contributed by atoms with van der Waals surface area (Å²) in [4.78, 5) is 30.4. The summed E-state index contributed by atoms with van der Waals surface area (Å²) < 4.78 is 1.58. The highest BCUT2D eigenvalue weighted by Crippen LogP contribution is 2.25. The second-order valence-electron chi connectivity index (χ2n) is 9.95. The van der Waals surface area contributed by atoms with Gasteiger partial charge in [0.05, 0.1) is 29.9 Å². The topological polar surface area (TPSA) is 94.3 Å². The molecule has 0 aliphatic carbocycles. The molecule has 0 spiro atoms. The average Bonchev–Trinajstić information content (AvgIpc) is 3.39. The molecule has 4 aromatic rings. The summed E-state index contributed by atoms with van der Waals surface area (Å²) >= 11 is 0. The monoisotopic (exact) mass is 518 g/mol. The van der Waals surface area contributed by atoms with Crippen LogP contribution in [0.2, 0.25) is 0 Å². The van der Waals surface area contributed by atoms with Crippen molar-refractivity contribution in [1.82, 2.24) is 14.7 Å². The lowest BCUT2D eigenvalue weighted by atomic mass is 10.0. The Balaban J connectivity index is 1.27. The highest BCUT2D eigenvalue weighted by atomic mass is 16.2. The fourth-order valence-electron chi connectivity index (χ4n) is 4.69. The van der Waals surface area contributed by atoms with Crippen LogP contribution in [-0.2, 0) is 19.4 Å². The van der Waals surface area contributed by atoms with Gasteiger partial charge in [0.2, 0.25) is 0 Å². The van der Waals surface area contributed by atoms with E-state index in [0.29, 0.717) is 24.3 Å². The van der Waals surface area contributed by atoms with Crippen LogP contribution < -0.4 is 10.2 Å². The Morgan fingerprint density at radius 2 is 1.69 bits per heavy atom. The van der Waals surface area contributed by atoms with Crippen molar-refractivity contribution in [3.8, 4) is 6.07 Å². The number of amides is 2. The summed E-state index contributed by atoms with van der Waals surface area (Å²) in [6.45, 7) is 1.98. The molecular formula is C31H30N6O2. The Morgan fingerprint density at radius 1 is 1.00 bits per heavy atom. The predicted octanol–water partition coefficient (Wildman–Crippen LogP) is 4.36. The van der Waals surface area contributed by atoms with Gasteiger partial charge in [-0.05, 0) is 74.0 Å². The van der Waals surface area contributed by atoms with Crippen molar-refractivity contribution in [3.05, 3.63) is 113 Å². The van der Waals surface area contributed by atoms with Crippen molar-refractivity contribution in [2.24, 2.45) is 0 Å². The molecule has 3 aromatic carbocycles. The molecule has 2 amide bonds. The van der Waals surface area contributed by atoms with Crippen molar-refractivity contribution in [2.45, 2.75) is 19.4 Å². The van der Waals surface area contributed by atoms with Gasteiger partial charge in [0.1, 0.15) is 5.69 Å². The van der Waals surface area contributed by atoms with E-state index in [4.69, 9.17) is 5.26 Å². The molecule has 0 fully saturated rings. The van der Waals surface area contributed by atoms with Crippen molar-refractivity contribution >= 4 is 23.2 Å². The van der Waals surface area contributed by atoms with Crippen LogP contribution in [0.15, 0.2) is 79.0 Å². The number of fused-ring (bicyclic) bond motifs is 1. The summed E-state index contributed by atoms with van der Waals surface area (Å²) in [5, 5.41) is 16.2. The zero-order valence-corrected chi connectivity index (χ0v) is 22.1. The van der Waals surface area contributed by atoms with Gasteiger partial charge < -0.3 is 15.1 Å². The predicted molar refractivity (Wildman–Crippen MR) is 151 cm³/mol. The fourth-order valence-corrected chi connectivity index (χ4v) is 4.69. The van der Waals surface area contributed by atoms with Crippen LogP contribution in [0, 0.1) is 11.3 Å². The van der Waals surface area contributed by atoms with Gasteiger partial charge >= 0.3 is 0 Å². The van der Waals surface area contributed by atoms with Crippen molar-refractivity contribution in [1.29, 1.82) is 5.26 Å². The molecule has 39 heavy (non-hydrogen) atoms. The molecular weight excluding hydrogens is 488 g/mol. The Bertz CT molecular complexity index is 1530. The van der Waals surface area contributed by atoms with Crippen molar-refractivity contribution < 1.29 is 9.59 Å². The minimum absolute atomic E-state index is 0.206. The number of nitrogens with one attached hydrogen (secondary N) is 1. The van der Waals surface area contributed by atoms with Crippen LogP contribution >= 0.6 is 0 Å². The lowest BCUT2D eigenvalue weighted by molar-refractivity contribution is 0.0947. The molecule has 0 saturated carbocycles. The summed E-state index contributed by atoms with van der Waals surface area (Å²) in [5.74, 6) is -0.708. The van der Waals surface area contributed by atoms with E-state index in [1.54, 1.807) is 33.8 Å². The van der Waals surface area contributed by atoms with E-state index in [1.807, 2.05) is 24.3 Å². The lowest BCUT2D eigenvalue weighted by Crippen LogP contribution is -2.41. The van der Waals surface area contributed by atoms with Gasteiger partial charge in [-0.15, -0.1) is 0 Å². The van der Waals surface area contributed by atoms with Crippen molar-refractivity contribution in [3.63, 3.8) is 0 Å². The number of benzene rings is 3. The van der Waals surface area contributed by atoms with E-state index in [1.165, 1.54) is 17.3 Å². The van der Waals surface area contributed by atoms with Crippen LogP contribution in [0.4, 0.5) is 11.4 Å². The smallest absolute Gasteiger partial charge is 0.277 e. The van der Waals surface area contributed by atoms with E-state index in [-0.39, 0.29) is 17.2 Å². The number of hydrogen-bond acceptors (Lipinski definition) is 5. The number of carbonyl (C=O) groups excluding carboxylic acids is 2. The summed E-state index contributed by atoms with van der Waals surface area (Å²) in [6.07, 6.45) is 3.27. The van der Waals surface area contributed by atoms with Gasteiger partial charge in [-0.3, -0.25) is 14.3 Å². The first kappa shape index (κ1) is 25.9. The maximum absolute atomic E-state index is 13.5. The first-order valence-electron chi connectivity index (χ1n) is 12.9. The van der Waals surface area contributed by atoms with E-state index in [9.17, 15) is 9.59 Å². The number of likely N-dealkylation sites (N-methyl/N-ethyl adjacent to an activating group) is 1. The third-order valence-electron chi connectivity index (χ3n) is 6.84. The molecule has 8 heteroatoms. The van der Waals surface area contributed by atoms with Gasteiger partial charge in [0.15, 0.2) is 0 Å². The minimum atomic E-state index is -0.440. The summed E-state index contributed by atoms with van der Waals surface area (Å²) in [6, 6.07) is 25.4. The van der Waals surface area contributed by atoms with E-state index < -0.39 is 5.91 Å². The summed E-state index contributed by atoms with van der Waals surface area (Å²) in [7, 11) is 4.16.